The van der Waals surface area contributed by atoms with Crippen LogP contribution in [-0.2, 0) is 9.53 Å². The number of nitrogens with two attached hydrogens (primary N) is 1. The van der Waals surface area contributed by atoms with Crippen LogP contribution in [0.2, 0.25) is 0 Å². The van der Waals surface area contributed by atoms with Gasteiger partial charge in [-0.2, -0.15) is 0 Å². The predicted molar refractivity (Wildman–Crippen MR) is 61.9 cm³/mol. The molecule has 2 N–H and O–H groups in total. The Labute approximate surface area is 97.1 Å². The first-order valence-corrected chi connectivity index (χ1v) is 6.34. The first-order chi connectivity index (χ1) is 7.72. The Morgan fingerprint density at radius 1 is 1.50 bits per heavy atom. The van der Waals surface area contributed by atoms with Crippen LogP contribution in [0.4, 0.5) is 0 Å². The Balaban J connectivity index is 1.98. The van der Waals surface area contributed by atoms with E-state index in [-0.39, 0.29) is 18.1 Å². The van der Waals surface area contributed by atoms with Gasteiger partial charge in [-0.05, 0) is 31.6 Å². The fraction of sp³-hybridized carbons (Fsp3) is 0.917. The maximum absolute atomic E-state index is 12.2. The monoisotopic (exact) mass is 226 g/mol. The molecule has 2 saturated heterocycles. The normalized spacial score (nSPS) is 35.4. The molecule has 0 radical (unpaired) electrons. The van der Waals surface area contributed by atoms with Gasteiger partial charge >= 0.3 is 0 Å². The molecule has 3 atom stereocenters. The molecule has 1 amide bonds. The van der Waals surface area contributed by atoms with E-state index in [4.69, 9.17) is 10.5 Å². The topological polar surface area (TPSA) is 55.6 Å². The molecule has 0 aromatic carbocycles. The summed E-state index contributed by atoms with van der Waals surface area (Å²) in [5.74, 6) is 0.849. The number of likely N-dealkylation sites (tertiary alicyclic amines) is 1. The second kappa shape index (κ2) is 5.15. The van der Waals surface area contributed by atoms with Crippen LogP contribution in [0.1, 0.15) is 32.6 Å². The van der Waals surface area contributed by atoms with Crippen molar-refractivity contribution in [3.8, 4) is 0 Å². The molecule has 2 aliphatic heterocycles. The molecule has 2 heterocycles. The summed E-state index contributed by atoms with van der Waals surface area (Å²) >= 11 is 0. The van der Waals surface area contributed by atoms with Crippen molar-refractivity contribution >= 4 is 5.91 Å². The molecule has 4 nitrogen and oxygen atoms in total. The van der Waals surface area contributed by atoms with Crippen molar-refractivity contribution in [2.45, 2.75) is 44.8 Å². The molecular formula is C12H22N2O2. The lowest BCUT2D eigenvalue weighted by molar-refractivity contribution is -0.145. The quantitative estimate of drug-likeness (QED) is 0.756. The second-order valence-corrected chi connectivity index (χ2v) is 5.05. The van der Waals surface area contributed by atoms with Gasteiger partial charge in [-0.3, -0.25) is 4.79 Å². The minimum atomic E-state index is -0.192. The first kappa shape index (κ1) is 11.9. The molecule has 2 fully saturated rings. The van der Waals surface area contributed by atoms with Crippen LogP contribution in [0, 0.1) is 5.92 Å². The SMILES string of the molecule is CC1CCN(C(=O)[C@H]2CCCO2)C(CN)C1. The van der Waals surface area contributed by atoms with Gasteiger partial charge in [-0.25, -0.2) is 0 Å². The number of hydrogen-bond acceptors (Lipinski definition) is 3. The van der Waals surface area contributed by atoms with Crippen LogP contribution in [0.5, 0.6) is 0 Å². The largest absolute Gasteiger partial charge is 0.368 e. The minimum Gasteiger partial charge on any atom is -0.368 e. The summed E-state index contributed by atoms with van der Waals surface area (Å²) in [5.41, 5.74) is 5.76. The van der Waals surface area contributed by atoms with E-state index in [1.807, 2.05) is 4.90 Å². The average Bonchev–Trinajstić information content (AvgIpc) is 2.81. The zero-order valence-corrected chi connectivity index (χ0v) is 10.0. The third-order valence-electron chi connectivity index (χ3n) is 3.74. The Morgan fingerprint density at radius 3 is 2.94 bits per heavy atom. The number of nitrogens with zero attached hydrogens (tertiary/aromatic N) is 1. The lowest BCUT2D eigenvalue weighted by Crippen LogP contribution is -2.52. The fourth-order valence-electron chi connectivity index (χ4n) is 2.72. The minimum absolute atomic E-state index is 0.167. The van der Waals surface area contributed by atoms with Gasteiger partial charge in [0.25, 0.3) is 5.91 Å². The number of amides is 1. The Kier molecular flexibility index (Phi) is 3.82. The standard InChI is InChI=1S/C12H22N2O2/c1-9-4-5-14(10(7-9)8-13)12(15)11-3-2-6-16-11/h9-11H,2-8,13H2,1H3/t9?,10?,11-/m1/s1. The highest BCUT2D eigenvalue weighted by Crippen LogP contribution is 2.24. The highest BCUT2D eigenvalue weighted by atomic mass is 16.5. The Morgan fingerprint density at radius 2 is 2.31 bits per heavy atom. The molecule has 16 heavy (non-hydrogen) atoms. The van der Waals surface area contributed by atoms with E-state index >= 15 is 0 Å². The van der Waals surface area contributed by atoms with Gasteiger partial charge in [0, 0.05) is 25.7 Å². The van der Waals surface area contributed by atoms with Gasteiger partial charge in [0.05, 0.1) is 0 Å². The molecule has 2 unspecified atom stereocenters. The molecule has 0 aromatic heterocycles. The summed E-state index contributed by atoms with van der Waals surface area (Å²) < 4.78 is 5.46. The number of ether oxygens (including phenoxy) is 1. The summed E-state index contributed by atoms with van der Waals surface area (Å²) in [4.78, 5) is 14.2. The Bertz CT molecular complexity index is 251. The van der Waals surface area contributed by atoms with Crippen molar-refractivity contribution in [1.82, 2.24) is 4.90 Å². The summed E-state index contributed by atoms with van der Waals surface area (Å²) in [6.07, 6.45) is 3.82. The van der Waals surface area contributed by atoms with Gasteiger partial charge in [-0.1, -0.05) is 6.92 Å². The second-order valence-electron chi connectivity index (χ2n) is 5.05. The predicted octanol–water partition coefficient (Wildman–Crippen LogP) is 0.751. The van der Waals surface area contributed by atoms with Crippen molar-refractivity contribution in [2.24, 2.45) is 11.7 Å². The molecule has 4 heteroatoms. The average molecular weight is 226 g/mol. The van der Waals surface area contributed by atoms with E-state index in [2.05, 4.69) is 6.92 Å². The highest BCUT2D eigenvalue weighted by Gasteiger charge is 2.34. The number of hydrogen-bond donors (Lipinski definition) is 1. The number of rotatable bonds is 2. The molecule has 0 aliphatic carbocycles. The van der Waals surface area contributed by atoms with Crippen LogP contribution in [0.25, 0.3) is 0 Å². The Hall–Kier alpha value is -0.610. The maximum Gasteiger partial charge on any atom is 0.251 e. The maximum atomic E-state index is 12.2. The smallest absolute Gasteiger partial charge is 0.251 e. The summed E-state index contributed by atoms with van der Waals surface area (Å²) in [6, 6.07) is 0.223. The lowest BCUT2D eigenvalue weighted by atomic mass is 9.92. The highest BCUT2D eigenvalue weighted by molar-refractivity contribution is 5.81. The number of piperidine rings is 1. The lowest BCUT2D eigenvalue weighted by Gasteiger charge is -2.39. The van der Waals surface area contributed by atoms with Crippen LogP contribution in [0.3, 0.4) is 0 Å². The summed E-state index contributed by atoms with van der Waals surface area (Å²) in [7, 11) is 0. The summed E-state index contributed by atoms with van der Waals surface area (Å²) in [5, 5.41) is 0. The molecular weight excluding hydrogens is 204 g/mol. The van der Waals surface area contributed by atoms with Crippen molar-refractivity contribution < 1.29 is 9.53 Å². The molecule has 0 saturated carbocycles. The van der Waals surface area contributed by atoms with E-state index in [9.17, 15) is 4.79 Å². The summed E-state index contributed by atoms with van der Waals surface area (Å²) in [6.45, 7) is 4.38. The van der Waals surface area contributed by atoms with E-state index < -0.39 is 0 Å². The van der Waals surface area contributed by atoms with Gasteiger partial charge in [0.1, 0.15) is 6.10 Å². The molecule has 2 rings (SSSR count). The molecule has 0 spiro atoms. The molecule has 92 valence electrons. The molecule has 2 aliphatic rings. The van der Waals surface area contributed by atoms with Crippen LogP contribution in [-0.4, -0.2) is 42.6 Å². The van der Waals surface area contributed by atoms with Gasteiger partial charge in [0.2, 0.25) is 0 Å². The van der Waals surface area contributed by atoms with E-state index in [0.29, 0.717) is 12.5 Å². The van der Waals surface area contributed by atoms with E-state index in [1.165, 1.54) is 0 Å². The van der Waals surface area contributed by atoms with Crippen LogP contribution in [0.15, 0.2) is 0 Å². The van der Waals surface area contributed by atoms with Crippen LogP contribution < -0.4 is 5.73 Å². The van der Waals surface area contributed by atoms with Gasteiger partial charge in [0.15, 0.2) is 0 Å². The van der Waals surface area contributed by atoms with Crippen molar-refractivity contribution in [1.29, 1.82) is 0 Å². The zero-order chi connectivity index (χ0) is 11.5. The van der Waals surface area contributed by atoms with Gasteiger partial charge < -0.3 is 15.4 Å². The van der Waals surface area contributed by atoms with E-state index in [1.54, 1.807) is 0 Å². The molecule has 0 aromatic rings. The van der Waals surface area contributed by atoms with Crippen LogP contribution >= 0.6 is 0 Å². The third kappa shape index (κ3) is 2.38. The van der Waals surface area contributed by atoms with Crippen molar-refractivity contribution in [3.63, 3.8) is 0 Å². The van der Waals surface area contributed by atoms with E-state index in [0.717, 1.165) is 38.8 Å². The van der Waals surface area contributed by atoms with Crippen molar-refractivity contribution in [3.05, 3.63) is 0 Å². The first-order valence-electron chi connectivity index (χ1n) is 6.34. The number of carbonyl (C=O) groups is 1. The number of carbonyl (C=O) groups excluding carboxylic acids is 1. The van der Waals surface area contributed by atoms with Crippen molar-refractivity contribution in [2.75, 3.05) is 19.7 Å². The molecule has 0 bridgehead atoms. The zero-order valence-electron chi connectivity index (χ0n) is 10.0. The van der Waals surface area contributed by atoms with Gasteiger partial charge in [-0.15, -0.1) is 0 Å². The fourth-order valence-corrected chi connectivity index (χ4v) is 2.72. The third-order valence-corrected chi connectivity index (χ3v) is 3.74.